The van der Waals surface area contributed by atoms with Gasteiger partial charge in [0.15, 0.2) is 0 Å². The van der Waals surface area contributed by atoms with Crippen molar-refractivity contribution < 1.29 is 22.4 Å². The number of amides is 2. The van der Waals surface area contributed by atoms with Gasteiger partial charge in [-0.15, -0.1) is 0 Å². The number of hydrogen-bond donors (Lipinski definition) is 0. The molecule has 1 aliphatic heterocycles. The zero-order chi connectivity index (χ0) is 25.4. The fourth-order valence-electron chi connectivity index (χ4n) is 4.40. The molecule has 1 unspecified atom stereocenters. The third-order valence-electron chi connectivity index (χ3n) is 6.34. The van der Waals surface area contributed by atoms with Crippen LogP contribution in [-0.2, 0) is 26.2 Å². The van der Waals surface area contributed by atoms with Gasteiger partial charge in [-0.1, -0.05) is 60.2 Å². The van der Waals surface area contributed by atoms with Crippen molar-refractivity contribution in [1.29, 1.82) is 0 Å². The van der Waals surface area contributed by atoms with Crippen molar-refractivity contribution in [3.63, 3.8) is 0 Å². The SMILES string of the molecule is Cc1ccc(CN(C2CC(=O)N(c3ccc(F)cc3)C2=O)S(=O)(=O)c2ccc3ccccc3c2)cc1. The summed E-state index contributed by atoms with van der Waals surface area (Å²) in [4.78, 5) is 27.4. The fraction of sp³-hybridized carbons (Fsp3) is 0.143. The highest BCUT2D eigenvalue weighted by molar-refractivity contribution is 7.89. The number of anilines is 1. The van der Waals surface area contributed by atoms with Gasteiger partial charge in [-0.25, -0.2) is 17.7 Å². The molecule has 0 spiro atoms. The van der Waals surface area contributed by atoms with E-state index in [0.29, 0.717) is 5.56 Å². The summed E-state index contributed by atoms with van der Waals surface area (Å²) in [7, 11) is -4.18. The lowest BCUT2D eigenvalue weighted by molar-refractivity contribution is -0.122. The van der Waals surface area contributed by atoms with Crippen molar-refractivity contribution in [2.24, 2.45) is 0 Å². The van der Waals surface area contributed by atoms with Crippen LogP contribution in [0.25, 0.3) is 10.8 Å². The number of halogens is 1. The van der Waals surface area contributed by atoms with Gasteiger partial charge < -0.3 is 0 Å². The summed E-state index contributed by atoms with van der Waals surface area (Å²) in [6.07, 6.45) is -0.311. The number of fused-ring (bicyclic) bond motifs is 1. The molecule has 1 heterocycles. The Hall–Kier alpha value is -3.88. The van der Waals surface area contributed by atoms with E-state index >= 15 is 0 Å². The van der Waals surface area contributed by atoms with Crippen LogP contribution in [0.2, 0.25) is 0 Å². The minimum absolute atomic E-state index is 0.0359. The van der Waals surface area contributed by atoms with E-state index < -0.39 is 33.7 Å². The highest BCUT2D eigenvalue weighted by Crippen LogP contribution is 2.31. The molecule has 36 heavy (non-hydrogen) atoms. The van der Waals surface area contributed by atoms with Crippen LogP contribution < -0.4 is 4.90 Å². The van der Waals surface area contributed by atoms with Crippen LogP contribution in [0.4, 0.5) is 10.1 Å². The molecule has 1 fully saturated rings. The molecular formula is C28H23FN2O4S. The predicted molar refractivity (Wildman–Crippen MR) is 135 cm³/mol. The molecular weight excluding hydrogens is 479 g/mol. The predicted octanol–water partition coefficient (Wildman–Crippen LogP) is 4.81. The molecule has 1 atom stereocenters. The molecule has 0 N–H and O–H groups in total. The molecule has 0 bridgehead atoms. The average Bonchev–Trinajstić information content (AvgIpc) is 3.17. The zero-order valence-corrected chi connectivity index (χ0v) is 20.3. The number of rotatable bonds is 6. The van der Waals surface area contributed by atoms with E-state index in [-0.39, 0.29) is 23.5 Å². The third-order valence-corrected chi connectivity index (χ3v) is 8.19. The second kappa shape index (κ2) is 9.29. The van der Waals surface area contributed by atoms with E-state index in [2.05, 4.69) is 0 Å². The molecule has 5 rings (SSSR count). The van der Waals surface area contributed by atoms with Crippen molar-refractivity contribution >= 4 is 38.3 Å². The van der Waals surface area contributed by atoms with Crippen LogP contribution in [0.5, 0.6) is 0 Å². The lowest BCUT2D eigenvalue weighted by Gasteiger charge is -2.27. The second-order valence-corrected chi connectivity index (χ2v) is 10.7. The number of nitrogens with zero attached hydrogens (tertiary/aromatic N) is 2. The maximum Gasteiger partial charge on any atom is 0.252 e. The Morgan fingerprint density at radius 2 is 1.56 bits per heavy atom. The maximum absolute atomic E-state index is 14.0. The van der Waals surface area contributed by atoms with Gasteiger partial charge in [-0.2, -0.15) is 4.31 Å². The molecule has 182 valence electrons. The van der Waals surface area contributed by atoms with E-state index in [1.165, 1.54) is 18.2 Å². The van der Waals surface area contributed by atoms with Crippen LogP contribution in [0.1, 0.15) is 17.5 Å². The van der Waals surface area contributed by atoms with Gasteiger partial charge in [-0.3, -0.25) is 9.59 Å². The second-order valence-electron chi connectivity index (χ2n) is 8.81. The number of benzene rings is 4. The molecule has 0 aliphatic carbocycles. The largest absolute Gasteiger partial charge is 0.274 e. The number of sulfonamides is 1. The fourth-order valence-corrected chi connectivity index (χ4v) is 6.01. The first kappa shape index (κ1) is 23.8. The van der Waals surface area contributed by atoms with Crippen molar-refractivity contribution in [3.8, 4) is 0 Å². The van der Waals surface area contributed by atoms with Crippen molar-refractivity contribution in [2.75, 3.05) is 4.90 Å². The van der Waals surface area contributed by atoms with Crippen molar-refractivity contribution in [1.82, 2.24) is 4.31 Å². The molecule has 1 saturated heterocycles. The number of hydrogen-bond acceptors (Lipinski definition) is 4. The number of carbonyl (C=O) groups excluding carboxylic acids is 2. The first-order valence-corrected chi connectivity index (χ1v) is 12.9. The summed E-state index contributed by atoms with van der Waals surface area (Å²) < 4.78 is 42.5. The van der Waals surface area contributed by atoms with Crippen LogP contribution in [0, 0.1) is 12.7 Å². The number of aryl methyl sites for hydroxylation is 1. The molecule has 2 amide bonds. The summed E-state index contributed by atoms with van der Waals surface area (Å²) in [6.45, 7) is 1.84. The summed E-state index contributed by atoms with van der Waals surface area (Å²) >= 11 is 0. The van der Waals surface area contributed by atoms with Gasteiger partial charge >= 0.3 is 0 Å². The summed E-state index contributed by atoms with van der Waals surface area (Å²) in [5.74, 6) is -1.71. The van der Waals surface area contributed by atoms with Crippen LogP contribution >= 0.6 is 0 Å². The Bertz CT molecular complexity index is 1570. The topological polar surface area (TPSA) is 74.8 Å². The molecule has 0 aromatic heterocycles. The quantitative estimate of drug-likeness (QED) is 0.355. The molecule has 6 nitrogen and oxygen atoms in total. The Morgan fingerprint density at radius 1 is 0.889 bits per heavy atom. The Morgan fingerprint density at radius 3 is 2.25 bits per heavy atom. The number of imide groups is 1. The van der Waals surface area contributed by atoms with Gasteiger partial charge in [-0.05, 0) is 59.7 Å². The lowest BCUT2D eigenvalue weighted by atomic mass is 10.1. The lowest BCUT2D eigenvalue weighted by Crippen LogP contribution is -2.45. The van der Waals surface area contributed by atoms with Crippen LogP contribution in [-0.4, -0.2) is 30.6 Å². The van der Waals surface area contributed by atoms with Gasteiger partial charge in [0.05, 0.1) is 17.0 Å². The molecule has 1 aliphatic rings. The van der Waals surface area contributed by atoms with Crippen molar-refractivity contribution in [3.05, 3.63) is 108 Å². The minimum Gasteiger partial charge on any atom is -0.274 e. The van der Waals surface area contributed by atoms with Gasteiger partial charge in [0.2, 0.25) is 15.9 Å². The Balaban J connectivity index is 1.57. The Kier molecular flexibility index (Phi) is 6.15. The summed E-state index contributed by atoms with van der Waals surface area (Å²) in [5, 5.41) is 1.63. The molecule has 8 heteroatoms. The van der Waals surface area contributed by atoms with Crippen molar-refractivity contribution in [2.45, 2.75) is 30.8 Å². The van der Waals surface area contributed by atoms with Gasteiger partial charge in [0.25, 0.3) is 5.91 Å². The highest BCUT2D eigenvalue weighted by atomic mass is 32.2. The van der Waals surface area contributed by atoms with E-state index in [1.807, 2.05) is 43.3 Å². The maximum atomic E-state index is 14.0. The first-order chi connectivity index (χ1) is 17.2. The number of carbonyl (C=O) groups is 2. The highest BCUT2D eigenvalue weighted by Gasteiger charge is 2.47. The summed E-state index contributed by atoms with van der Waals surface area (Å²) in [6, 6.07) is 23.3. The van der Waals surface area contributed by atoms with Crippen LogP contribution in [0.3, 0.4) is 0 Å². The van der Waals surface area contributed by atoms with E-state index in [9.17, 15) is 22.4 Å². The van der Waals surface area contributed by atoms with E-state index in [1.54, 1.807) is 24.3 Å². The molecule has 0 saturated carbocycles. The third kappa shape index (κ3) is 4.41. The smallest absolute Gasteiger partial charge is 0.252 e. The monoisotopic (exact) mass is 502 g/mol. The zero-order valence-electron chi connectivity index (χ0n) is 19.5. The molecule has 0 radical (unpaired) electrons. The van der Waals surface area contributed by atoms with E-state index in [0.717, 1.165) is 37.7 Å². The van der Waals surface area contributed by atoms with Gasteiger partial charge in [0, 0.05) is 6.54 Å². The van der Waals surface area contributed by atoms with E-state index in [4.69, 9.17) is 0 Å². The molecule has 4 aromatic carbocycles. The minimum atomic E-state index is -4.18. The molecule has 4 aromatic rings. The first-order valence-electron chi connectivity index (χ1n) is 11.4. The summed E-state index contributed by atoms with van der Waals surface area (Å²) in [5.41, 5.74) is 1.90. The van der Waals surface area contributed by atoms with Crippen LogP contribution in [0.15, 0.2) is 95.9 Å². The van der Waals surface area contributed by atoms with Gasteiger partial charge in [0.1, 0.15) is 11.9 Å². The Labute approximate surface area is 208 Å². The average molecular weight is 503 g/mol. The normalized spacial score (nSPS) is 16.3. The standard InChI is InChI=1S/C28H23FN2O4S/c1-19-6-8-20(9-7-19)18-30(36(34,35)25-15-10-21-4-2-3-5-22(21)16-25)26-17-27(32)31(28(26)33)24-13-11-23(29)12-14-24/h2-16,26H,17-18H2,1H3.